The van der Waals surface area contributed by atoms with Crippen molar-refractivity contribution in [2.45, 2.75) is 20.0 Å². The van der Waals surface area contributed by atoms with E-state index in [0.717, 1.165) is 0 Å². The van der Waals surface area contributed by atoms with Gasteiger partial charge in [0.15, 0.2) is 0 Å². The molecule has 0 radical (unpaired) electrons. The minimum absolute atomic E-state index is 0.157. The van der Waals surface area contributed by atoms with Crippen molar-refractivity contribution in [3.8, 4) is 0 Å². The molecule has 84 valence electrons. The van der Waals surface area contributed by atoms with Crippen LogP contribution in [0.2, 0.25) is 0 Å². The Hall–Kier alpha value is -1.35. The second kappa shape index (κ2) is 9.21. The highest BCUT2D eigenvalue weighted by atomic mass is 16.5. The van der Waals surface area contributed by atoms with Crippen LogP contribution in [0.1, 0.15) is 18.9 Å². The van der Waals surface area contributed by atoms with E-state index >= 15 is 0 Å². The van der Waals surface area contributed by atoms with Crippen LogP contribution < -0.4 is 0 Å². The van der Waals surface area contributed by atoms with Gasteiger partial charge in [0, 0.05) is 13.5 Å². The number of methoxy groups -OCH3 is 2. The summed E-state index contributed by atoms with van der Waals surface area (Å²) in [7, 11) is 3.08. The molecule has 0 saturated carbocycles. The van der Waals surface area contributed by atoms with Gasteiger partial charge >= 0.3 is 5.97 Å². The Bertz CT molecular complexity index is 251. The normalized spacial score (nSPS) is 8.73. The summed E-state index contributed by atoms with van der Waals surface area (Å²) in [6, 6.07) is 10.1. The summed E-state index contributed by atoms with van der Waals surface area (Å²) in [6.07, 6.45) is 0.469. The van der Waals surface area contributed by atoms with Crippen LogP contribution in [0.5, 0.6) is 0 Å². The molecule has 1 rings (SSSR count). The average Bonchev–Trinajstić information content (AvgIpc) is 2.31. The van der Waals surface area contributed by atoms with E-state index in [-0.39, 0.29) is 5.97 Å². The van der Waals surface area contributed by atoms with Gasteiger partial charge in [-0.25, -0.2) is 0 Å². The fraction of sp³-hybridized carbons (Fsp3) is 0.417. The third kappa shape index (κ3) is 7.70. The van der Waals surface area contributed by atoms with Gasteiger partial charge in [-0.05, 0) is 5.56 Å². The number of carbonyl (C=O) groups is 1. The van der Waals surface area contributed by atoms with E-state index in [1.165, 1.54) is 12.7 Å². The topological polar surface area (TPSA) is 35.5 Å². The van der Waals surface area contributed by atoms with Crippen LogP contribution in [-0.2, 0) is 20.9 Å². The van der Waals surface area contributed by atoms with Crippen LogP contribution in [0.25, 0.3) is 0 Å². The van der Waals surface area contributed by atoms with Gasteiger partial charge in [-0.3, -0.25) is 4.79 Å². The van der Waals surface area contributed by atoms with Gasteiger partial charge < -0.3 is 9.47 Å². The molecule has 3 nitrogen and oxygen atoms in total. The first-order valence-electron chi connectivity index (χ1n) is 4.84. The molecule has 0 amide bonds. The van der Waals surface area contributed by atoms with Crippen molar-refractivity contribution in [3.63, 3.8) is 0 Å². The van der Waals surface area contributed by atoms with Gasteiger partial charge in [0.1, 0.15) is 0 Å². The van der Waals surface area contributed by atoms with Gasteiger partial charge in [-0.1, -0.05) is 37.3 Å². The molecule has 0 aliphatic heterocycles. The molecule has 0 bridgehead atoms. The van der Waals surface area contributed by atoms with Crippen LogP contribution in [-0.4, -0.2) is 20.2 Å². The lowest BCUT2D eigenvalue weighted by Crippen LogP contribution is -1.94. The Morgan fingerprint density at radius 1 is 1.20 bits per heavy atom. The smallest absolute Gasteiger partial charge is 0.305 e. The minimum Gasteiger partial charge on any atom is -0.469 e. The number of carbonyl (C=O) groups excluding carboxylic acids is 1. The van der Waals surface area contributed by atoms with Crippen molar-refractivity contribution < 1.29 is 14.3 Å². The van der Waals surface area contributed by atoms with Gasteiger partial charge in [0.05, 0.1) is 13.7 Å². The van der Waals surface area contributed by atoms with Crippen molar-refractivity contribution in [1.82, 2.24) is 0 Å². The van der Waals surface area contributed by atoms with E-state index in [1.807, 2.05) is 30.3 Å². The molecule has 1 aromatic carbocycles. The van der Waals surface area contributed by atoms with Crippen LogP contribution in [0.15, 0.2) is 30.3 Å². The maximum absolute atomic E-state index is 9.96. The zero-order valence-electron chi connectivity index (χ0n) is 9.53. The molecule has 0 unspecified atom stereocenters. The molecule has 0 atom stereocenters. The minimum atomic E-state index is -0.157. The summed E-state index contributed by atoms with van der Waals surface area (Å²) < 4.78 is 9.19. The Labute approximate surface area is 91.0 Å². The monoisotopic (exact) mass is 210 g/mol. The summed E-state index contributed by atoms with van der Waals surface area (Å²) in [5.74, 6) is -0.157. The molecule has 3 heteroatoms. The summed E-state index contributed by atoms with van der Waals surface area (Å²) in [4.78, 5) is 9.96. The first kappa shape index (κ1) is 13.7. The van der Waals surface area contributed by atoms with Crippen molar-refractivity contribution in [2.75, 3.05) is 14.2 Å². The summed E-state index contributed by atoms with van der Waals surface area (Å²) in [5, 5.41) is 0. The lowest BCUT2D eigenvalue weighted by Gasteiger charge is -1.95. The molecule has 0 N–H and O–H groups in total. The molecular formula is C12H18O3. The standard InChI is InChI=1S/C8H10O.C4H8O2/c1-9-7-8-5-3-2-4-6-8;1-3-4(5)6-2/h2-6H,7H2,1H3;3H2,1-2H3. The molecular weight excluding hydrogens is 192 g/mol. The highest BCUT2D eigenvalue weighted by molar-refractivity contribution is 5.68. The third-order valence-electron chi connectivity index (χ3n) is 1.67. The first-order chi connectivity index (χ1) is 7.24. The predicted octanol–water partition coefficient (Wildman–Crippen LogP) is 2.40. The molecule has 0 heterocycles. The molecule has 1 aromatic rings. The molecule has 0 saturated heterocycles. The average molecular weight is 210 g/mol. The molecule has 15 heavy (non-hydrogen) atoms. The Balaban J connectivity index is 0.000000288. The second-order valence-corrected chi connectivity index (χ2v) is 2.85. The maximum atomic E-state index is 9.96. The largest absolute Gasteiger partial charge is 0.469 e. The molecule has 0 aliphatic carbocycles. The predicted molar refractivity (Wildman–Crippen MR) is 59.5 cm³/mol. The number of benzene rings is 1. The van der Waals surface area contributed by atoms with Crippen LogP contribution in [0.3, 0.4) is 0 Å². The first-order valence-corrected chi connectivity index (χ1v) is 4.84. The van der Waals surface area contributed by atoms with E-state index < -0.39 is 0 Å². The zero-order valence-corrected chi connectivity index (χ0v) is 9.53. The maximum Gasteiger partial charge on any atom is 0.305 e. The number of hydrogen-bond acceptors (Lipinski definition) is 3. The fourth-order valence-corrected chi connectivity index (χ4v) is 0.885. The summed E-state index contributed by atoms with van der Waals surface area (Å²) in [5.41, 5.74) is 1.22. The Morgan fingerprint density at radius 2 is 1.80 bits per heavy atom. The number of ether oxygens (including phenoxy) is 2. The SMILES string of the molecule is CCC(=O)OC.COCc1ccccc1. The highest BCUT2D eigenvalue weighted by Crippen LogP contribution is 1.98. The molecule has 0 aliphatic rings. The van der Waals surface area contributed by atoms with E-state index in [1.54, 1.807) is 14.0 Å². The van der Waals surface area contributed by atoms with E-state index in [4.69, 9.17) is 4.74 Å². The van der Waals surface area contributed by atoms with Gasteiger partial charge in [-0.2, -0.15) is 0 Å². The Kier molecular flexibility index (Phi) is 8.39. The molecule has 0 spiro atoms. The van der Waals surface area contributed by atoms with Gasteiger partial charge in [0.2, 0.25) is 0 Å². The number of esters is 1. The van der Waals surface area contributed by atoms with E-state index in [0.29, 0.717) is 13.0 Å². The van der Waals surface area contributed by atoms with Crippen LogP contribution >= 0.6 is 0 Å². The van der Waals surface area contributed by atoms with Gasteiger partial charge in [0.25, 0.3) is 0 Å². The summed E-state index contributed by atoms with van der Waals surface area (Å²) in [6.45, 7) is 2.46. The van der Waals surface area contributed by atoms with Crippen molar-refractivity contribution in [1.29, 1.82) is 0 Å². The van der Waals surface area contributed by atoms with Crippen LogP contribution in [0.4, 0.5) is 0 Å². The van der Waals surface area contributed by atoms with Crippen molar-refractivity contribution in [3.05, 3.63) is 35.9 Å². The molecule has 0 fully saturated rings. The Morgan fingerprint density at radius 3 is 2.13 bits per heavy atom. The highest BCUT2D eigenvalue weighted by Gasteiger charge is 1.87. The third-order valence-corrected chi connectivity index (χ3v) is 1.67. The lowest BCUT2D eigenvalue weighted by molar-refractivity contribution is -0.140. The van der Waals surface area contributed by atoms with Crippen molar-refractivity contribution >= 4 is 5.97 Å². The van der Waals surface area contributed by atoms with Crippen molar-refractivity contribution in [2.24, 2.45) is 0 Å². The lowest BCUT2D eigenvalue weighted by atomic mass is 10.2. The van der Waals surface area contributed by atoms with Gasteiger partial charge in [-0.15, -0.1) is 0 Å². The number of hydrogen-bond donors (Lipinski definition) is 0. The fourth-order valence-electron chi connectivity index (χ4n) is 0.885. The number of rotatable bonds is 3. The zero-order chi connectivity index (χ0) is 11.5. The molecule has 0 aromatic heterocycles. The van der Waals surface area contributed by atoms with Crippen LogP contribution in [0, 0.1) is 0 Å². The van der Waals surface area contributed by atoms with E-state index in [2.05, 4.69) is 4.74 Å². The summed E-state index contributed by atoms with van der Waals surface area (Å²) >= 11 is 0. The quantitative estimate of drug-likeness (QED) is 0.719. The van der Waals surface area contributed by atoms with E-state index in [9.17, 15) is 4.79 Å². The second-order valence-electron chi connectivity index (χ2n) is 2.85.